The number of thioether (sulfide) groups is 1. The van der Waals surface area contributed by atoms with Crippen molar-refractivity contribution in [2.75, 3.05) is 48.7 Å². The zero-order valence-corrected chi connectivity index (χ0v) is 18.1. The smallest absolute Gasteiger partial charge is 0.233 e. The normalized spacial score (nSPS) is 14.0. The molecule has 0 saturated carbocycles. The van der Waals surface area contributed by atoms with Crippen LogP contribution in [0.4, 0.5) is 11.1 Å². The number of anilines is 2. The van der Waals surface area contributed by atoms with Crippen molar-refractivity contribution in [3.63, 3.8) is 0 Å². The van der Waals surface area contributed by atoms with E-state index in [9.17, 15) is 4.79 Å². The number of carbonyl (C=O) groups excluding carboxylic acids is 1. The minimum atomic E-state index is 0.127. The number of hydrogen-bond donors (Lipinski definition) is 1. The minimum Gasteiger partial charge on any atom is -0.360 e. The maximum Gasteiger partial charge on any atom is 0.233 e. The number of nitrogens with one attached hydrogen (secondary N) is 1. The lowest BCUT2D eigenvalue weighted by atomic mass is 10.2. The van der Waals surface area contributed by atoms with Crippen LogP contribution in [0.15, 0.2) is 53.1 Å². The first-order valence-corrected chi connectivity index (χ1v) is 11.6. The molecule has 30 heavy (non-hydrogen) atoms. The quantitative estimate of drug-likeness (QED) is 0.534. The molecule has 1 aromatic carbocycles. The molecule has 1 N–H and O–H groups in total. The molecule has 0 unspecified atom stereocenters. The van der Waals surface area contributed by atoms with Crippen molar-refractivity contribution in [1.29, 1.82) is 0 Å². The molecule has 0 radical (unpaired) electrons. The predicted molar refractivity (Wildman–Crippen MR) is 120 cm³/mol. The summed E-state index contributed by atoms with van der Waals surface area (Å²) in [5.41, 5.74) is 1.29. The molecule has 4 rings (SSSR count). The molecular weight excluding hydrogens is 418 g/mol. The Morgan fingerprint density at radius 3 is 2.57 bits per heavy atom. The molecule has 0 spiro atoms. The molecule has 1 fully saturated rings. The summed E-state index contributed by atoms with van der Waals surface area (Å²) in [7, 11) is 0. The fourth-order valence-corrected chi connectivity index (χ4v) is 4.80. The number of carbonyl (C=O) groups is 1. The SMILES string of the molecule is O=C(CSc1nnc(NCCc2ccccc2)s1)N1CCN(c2ncccn2)CC1. The maximum absolute atomic E-state index is 12.5. The van der Waals surface area contributed by atoms with E-state index in [1.807, 2.05) is 23.1 Å². The van der Waals surface area contributed by atoms with Gasteiger partial charge in [-0.1, -0.05) is 53.4 Å². The van der Waals surface area contributed by atoms with Gasteiger partial charge in [-0.15, -0.1) is 10.2 Å². The molecule has 10 heteroatoms. The largest absolute Gasteiger partial charge is 0.360 e. The van der Waals surface area contributed by atoms with Crippen LogP contribution in [0.5, 0.6) is 0 Å². The van der Waals surface area contributed by atoms with Gasteiger partial charge in [0.25, 0.3) is 0 Å². The van der Waals surface area contributed by atoms with Crippen molar-refractivity contribution in [3.8, 4) is 0 Å². The summed E-state index contributed by atoms with van der Waals surface area (Å²) in [5, 5.41) is 12.4. The highest BCUT2D eigenvalue weighted by Crippen LogP contribution is 2.26. The molecule has 3 aromatic rings. The van der Waals surface area contributed by atoms with Crippen LogP contribution in [-0.4, -0.2) is 69.4 Å². The number of benzene rings is 1. The topological polar surface area (TPSA) is 87.1 Å². The molecule has 0 aliphatic carbocycles. The predicted octanol–water partition coefficient (Wildman–Crippen LogP) is 2.42. The van der Waals surface area contributed by atoms with E-state index in [1.54, 1.807) is 18.5 Å². The molecule has 0 atom stereocenters. The van der Waals surface area contributed by atoms with Gasteiger partial charge >= 0.3 is 0 Å². The van der Waals surface area contributed by atoms with Crippen LogP contribution in [0.1, 0.15) is 5.56 Å². The highest BCUT2D eigenvalue weighted by molar-refractivity contribution is 8.01. The Labute approximate surface area is 183 Å². The fourth-order valence-electron chi connectivity index (χ4n) is 3.12. The molecule has 0 bridgehead atoms. The van der Waals surface area contributed by atoms with Gasteiger partial charge < -0.3 is 15.1 Å². The Morgan fingerprint density at radius 2 is 1.80 bits per heavy atom. The van der Waals surface area contributed by atoms with Gasteiger partial charge in [0, 0.05) is 45.1 Å². The average Bonchev–Trinajstić information content (AvgIpc) is 3.27. The van der Waals surface area contributed by atoms with Crippen molar-refractivity contribution in [3.05, 3.63) is 54.4 Å². The summed E-state index contributed by atoms with van der Waals surface area (Å²) in [4.78, 5) is 25.1. The lowest BCUT2D eigenvalue weighted by molar-refractivity contribution is -0.128. The van der Waals surface area contributed by atoms with E-state index in [4.69, 9.17) is 0 Å². The van der Waals surface area contributed by atoms with Crippen LogP contribution < -0.4 is 10.2 Å². The van der Waals surface area contributed by atoms with Crippen molar-refractivity contribution in [1.82, 2.24) is 25.1 Å². The molecule has 3 heterocycles. The lowest BCUT2D eigenvalue weighted by Crippen LogP contribution is -2.49. The molecule has 1 aliphatic rings. The Hall–Kier alpha value is -2.72. The van der Waals surface area contributed by atoms with E-state index in [1.165, 1.54) is 28.7 Å². The van der Waals surface area contributed by atoms with Crippen LogP contribution in [0.3, 0.4) is 0 Å². The Balaban J connectivity index is 1.17. The third-order valence-corrected chi connectivity index (χ3v) is 6.72. The van der Waals surface area contributed by atoms with E-state index in [2.05, 4.69) is 42.5 Å². The fraction of sp³-hybridized carbons (Fsp3) is 0.350. The van der Waals surface area contributed by atoms with Gasteiger partial charge in [-0.05, 0) is 18.1 Å². The van der Waals surface area contributed by atoms with Crippen LogP contribution >= 0.6 is 23.1 Å². The Bertz CT molecular complexity index is 931. The summed E-state index contributed by atoms with van der Waals surface area (Å²) < 4.78 is 0.807. The van der Waals surface area contributed by atoms with Gasteiger partial charge in [0.2, 0.25) is 17.0 Å². The third-order valence-electron chi connectivity index (χ3n) is 4.73. The summed E-state index contributed by atoms with van der Waals surface area (Å²) in [6, 6.07) is 12.1. The van der Waals surface area contributed by atoms with Gasteiger partial charge in [-0.3, -0.25) is 4.79 Å². The first kappa shape index (κ1) is 20.5. The Kier molecular flexibility index (Phi) is 7.09. The second-order valence-corrected chi connectivity index (χ2v) is 8.94. The number of aromatic nitrogens is 4. The molecule has 2 aromatic heterocycles. The van der Waals surface area contributed by atoms with Gasteiger partial charge in [-0.2, -0.15) is 0 Å². The summed E-state index contributed by atoms with van der Waals surface area (Å²) in [5.74, 6) is 1.23. The number of hydrogen-bond acceptors (Lipinski definition) is 9. The zero-order valence-electron chi connectivity index (χ0n) is 16.5. The summed E-state index contributed by atoms with van der Waals surface area (Å²) in [6.07, 6.45) is 4.41. The van der Waals surface area contributed by atoms with E-state index in [0.717, 1.165) is 41.5 Å². The average molecular weight is 442 g/mol. The highest BCUT2D eigenvalue weighted by atomic mass is 32.2. The zero-order chi connectivity index (χ0) is 20.6. The Morgan fingerprint density at radius 1 is 1.03 bits per heavy atom. The first-order chi connectivity index (χ1) is 14.8. The van der Waals surface area contributed by atoms with Gasteiger partial charge in [-0.25, -0.2) is 9.97 Å². The number of piperazine rings is 1. The van der Waals surface area contributed by atoms with E-state index < -0.39 is 0 Å². The third kappa shape index (κ3) is 5.67. The molecule has 1 aliphatic heterocycles. The van der Waals surface area contributed by atoms with Crippen molar-refractivity contribution >= 4 is 40.1 Å². The van der Waals surface area contributed by atoms with Crippen LogP contribution in [0.25, 0.3) is 0 Å². The van der Waals surface area contributed by atoms with Gasteiger partial charge in [0.05, 0.1) is 5.75 Å². The second kappa shape index (κ2) is 10.4. The maximum atomic E-state index is 12.5. The number of amides is 1. The number of rotatable bonds is 8. The minimum absolute atomic E-state index is 0.127. The lowest BCUT2D eigenvalue weighted by Gasteiger charge is -2.34. The van der Waals surface area contributed by atoms with Crippen molar-refractivity contribution < 1.29 is 4.79 Å². The standard InChI is InChI=1S/C20H23N7OS2/c28-17(26-11-13-27(14-12-26)18-21-8-4-9-22-18)15-29-20-25-24-19(30-20)23-10-7-16-5-2-1-3-6-16/h1-6,8-9H,7,10-15H2,(H,23,24). The van der Waals surface area contributed by atoms with E-state index in [0.29, 0.717) is 18.8 Å². The van der Waals surface area contributed by atoms with Gasteiger partial charge in [0.15, 0.2) is 4.34 Å². The first-order valence-electron chi connectivity index (χ1n) is 9.82. The molecule has 1 saturated heterocycles. The summed E-state index contributed by atoms with van der Waals surface area (Å²) in [6.45, 7) is 3.65. The monoisotopic (exact) mass is 441 g/mol. The van der Waals surface area contributed by atoms with E-state index >= 15 is 0 Å². The van der Waals surface area contributed by atoms with E-state index in [-0.39, 0.29) is 5.91 Å². The van der Waals surface area contributed by atoms with Crippen LogP contribution in [0.2, 0.25) is 0 Å². The summed E-state index contributed by atoms with van der Waals surface area (Å²) >= 11 is 2.93. The number of nitrogens with zero attached hydrogens (tertiary/aromatic N) is 6. The molecule has 1 amide bonds. The molecule has 156 valence electrons. The highest BCUT2D eigenvalue weighted by Gasteiger charge is 2.22. The van der Waals surface area contributed by atoms with Crippen LogP contribution in [0, 0.1) is 0 Å². The van der Waals surface area contributed by atoms with Crippen LogP contribution in [-0.2, 0) is 11.2 Å². The second-order valence-electron chi connectivity index (χ2n) is 6.74. The molecular formula is C20H23N7OS2. The van der Waals surface area contributed by atoms with Gasteiger partial charge in [0.1, 0.15) is 0 Å². The van der Waals surface area contributed by atoms with Crippen molar-refractivity contribution in [2.24, 2.45) is 0 Å². The molecule has 8 nitrogen and oxygen atoms in total. The van der Waals surface area contributed by atoms with Crippen molar-refractivity contribution in [2.45, 2.75) is 10.8 Å².